The SMILES string of the molecule is COc1ccc(CNCC(C)(C)S(C)(=O)=O)cc1OC. The summed E-state index contributed by atoms with van der Waals surface area (Å²) in [6.07, 6.45) is 1.26. The van der Waals surface area contributed by atoms with Crippen molar-refractivity contribution in [2.45, 2.75) is 25.1 Å². The molecule has 0 atom stereocenters. The Hall–Kier alpha value is -1.27. The van der Waals surface area contributed by atoms with E-state index in [1.54, 1.807) is 28.1 Å². The second-order valence-corrected chi connectivity index (χ2v) is 7.97. The van der Waals surface area contributed by atoms with E-state index >= 15 is 0 Å². The highest BCUT2D eigenvalue weighted by Crippen LogP contribution is 2.27. The number of ether oxygens (including phenoxy) is 2. The van der Waals surface area contributed by atoms with Crippen LogP contribution in [0.2, 0.25) is 0 Å². The summed E-state index contributed by atoms with van der Waals surface area (Å²) in [6.45, 7) is 4.38. The highest BCUT2D eigenvalue weighted by atomic mass is 32.2. The highest BCUT2D eigenvalue weighted by molar-refractivity contribution is 7.92. The normalized spacial score (nSPS) is 12.2. The first-order valence-corrected chi connectivity index (χ1v) is 8.21. The fourth-order valence-electron chi connectivity index (χ4n) is 1.63. The lowest BCUT2D eigenvalue weighted by atomic mass is 10.1. The van der Waals surface area contributed by atoms with Gasteiger partial charge in [-0.15, -0.1) is 0 Å². The Morgan fingerprint density at radius 2 is 1.75 bits per heavy atom. The van der Waals surface area contributed by atoms with E-state index < -0.39 is 14.6 Å². The smallest absolute Gasteiger partial charge is 0.161 e. The first kappa shape index (κ1) is 16.8. The van der Waals surface area contributed by atoms with E-state index in [1.165, 1.54) is 6.26 Å². The monoisotopic (exact) mass is 301 g/mol. The summed E-state index contributed by atoms with van der Waals surface area (Å²) in [5.74, 6) is 1.34. The number of methoxy groups -OCH3 is 2. The van der Waals surface area contributed by atoms with Crippen molar-refractivity contribution in [1.82, 2.24) is 5.32 Å². The number of hydrogen-bond acceptors (Lipinski definition) is 5. The molecule has 0 aliphatic heterocycles. The molecule has 0 aromatic heterocycles. The van der Waals surface area contributed by atoms with Gasteiger partial charge in [0, 0.05) is 19.3 Å². The van der Waals surface area contributed by atoms with Gasteiger partial charge in [-0.05, 0) is 31.5 Å². The lowest BCUT2D eigenvalue weighted by molar-refractivity contribution is 0.354. The molecule has 0 fully saturated rings. The van der Waals surface area contributed by atoms with Crippen molar-refractivity contribution < 1.29 is 17.9 Å². The van der Waals surface area contributed by atoms with Gasteiger partial charge in [0.2, 0.25) is 0 Å². The third-order valence-electron chi connectivity index (χ3n) is 3.33. The molecule has 0 saturated carbocycles. The molecule has 20 heavy (non-hydrogen) atoms. The Morgan fingerprint density at radius 1 is 1.15 bits per heavy atom. The summed E-state index contributed by atoms with van der Waals surface area (Å²) >= 11 is 0. The van der Waals surface area contributed by atoms with Crippen molar-refractivity contribution in [2.24, 2.45) is 0 Å². The number of nitrogens with one attached hydrogen (secondary N) is 1. The van der Waals surface area contributed by atoms with Crippen molar-refractivity contribution >= 4 is 9.84 Å². The molecule has 114 valence electrons. The zero-order chi connectivity index (χ0) is 15.4. The predicted molar refractivity (Wildman–Crippen MR) is 80.2 cm³/mol. The number of rotatable bonds is 7. The lowest BCUT2D eigenvalue weighted by Crippen LogP contribution is -2.41. The zero-order valence-corrected chi connectivity index (χ0v) is 13.5. The van der Waals surface area contributed by atoms with E-state index in [4.69, 9.17) is 9.47 Å². The Bertz CT molecular complexity index is 552. The minimum Gasteiger partial charge on any atom is -0.493 e. The van der Waals surface area contributed by atoms with Crippen LogP contribution in [0.4, 0.5) is 0 Å². The first-order chi connectivity index (χ1) is 9.21. The van der Waals surface area contributed by atoms with Gasteiger partial charge < -0.3 is 14.8 Å². The van der Waals surface area contributed by atoms with E-state index in [0.717, 1.165) is 5.56 Å². The molecule has 1 aromatic rings. The van der Waals surface area contributed by atoms with Crippen molar-refractivity contribution in [3.63, 3.8) is 0 Å². The van der Waals surface area contributed by atoms with Gasteiger partial charge in [0.1, 0.15) is 0 Å². The van der Waals surface area contributed by atoms with Gasteiger partial charge in [0.15, 0.2) is 21.3 Å². The van der Waals surface area contributed by atoms with E-state index in [1.807, 2.05) is 18.2 Å². The van der Waals surface area contributed by atoms with Gasteiger partial charge in [0.05, 0.1) is 19.0 Å². The summed E-state index contributed by atoms with van der Waals surface area (Å²) in [6, 6.07) is 5.62. The number of benzene rings is 1. The average Bonchev–Trinajstić information content (AvgIpc) is 2.37. The topological polar surface area (TPSA) is 64.6 Å². The largest absolute Gasteiger partial charge is 0.493 e. The number of sulfone groups is 1. The van der Waals surface area contributed by atoms with Crippen LogP contribution in [0.15, 0.2) is 18.2 Å². The maximum absolute atomic E-state index is 11.6. The van der Waals surface area contributed by atoms with Crippen LogP contribution in [0.1, 0.15) is 19.4 Å². The molecule has 0 unspecified atom stereocenters. The Balaban J connectivity index is 2.68. The van der Waals surface area contributed by atoms with Gasteiger partial charge in [-0.2, -0.15) is 0 Å². The molecule has 0 heterocycles. The molecule has 0 radical (unpaired) electrons. The van der Waals surface area contributed by atoms with Crippen molar-refractivity contribution in [3.8, 4) is 11.5 Å². The third kappa shape index (κ3) is 4.11. The summed E-state index contributed by atoms with van der Waals surface area (Å²) in [7, 11) is 0.0854. The van der Waals surface area contributed by atoms with Gasteiger partial charge in [-0.1, -0.05) is 6.07 Å². The number of hydrogen-bond donors (Lipinski definition) is 1. The summed E-state index contributed by atoms with van der Waals surface area (Å²) in [4.78, 5) is 0. The van der Waals surface area contributed by atoms with Crippen molar-refractivity contribution in [2.75, 3.05) is 27.0 Å². The van der Waals surface area contributed by atoms with E-state index in [9.17, 15) is 8.42 Å². The average molecular weight is 301 g/mol. The summed E-state index contributed by atoms with van der Waals surface area (Å²) < 4.78 is 32.8. The van der Waals surface area contributed by atoms with Crippen LogP contribution in [0.3, 0.4) is 0 Å². The van der Waals surface area contributed by atoms with Crippen molar-refractivity contribution in [3.05, 3.63) is 23.8 Å². The van der Waals surface area contributed by atoms with E-state index in [-0.39, 0.29) is 0 Å². The van der Waals surface area contributed by atoms with Gasteiger partial charge in [-0.3, -0.25) is 0 Å². The quantitative estimate of drug-likeness (QED) is 0.829. The van der Waals surface area contributed by atoms with Crippen molar-refractivity contribution in [1.29, 1.82) is 0 Å². The van der Waals surface area contributed by atoms with Gasteiger partial charge in [-0.25, -0.2) is 8.42 Å². The molecule has 0 spiro atoms. The fourth-order valence-corrected chi connectivity index (χ4v) is 1.99. The Kier molecular flexibility index (Phi) is 5.42. The second kappa shape index (κ2) is 6.45. The summed E-state index contributed by atoms with van der Waals surface area (Å²) in [5, 5.41) is 3.16. The molecule has 0 aliphatic carbocycles. The van der Waals surface area contributed by atoms with E-state index in [0.29, 0.717) is 24.6 Å². The molecule has 1 rings (SSSR count). The summed E-state index contributed by atoms with van der Waals surface area (Å²) in [5.41, 5.74) is 1.01. The molecular formula is C14H23NO4S. The standard InChI is InChI=1S/C14H23NO4S/c1-14(2,20(5,16)17)10-15-9-11-6-7-12(18-3)13(8-11)19-4/h6-8,15H,9-10H2,1-5H3. The maximum Gasteiger partial charge on any atom is 0.161 e. The highest BCUT2D eigenvalue weighted by Gasteiger charge is 2.29. The molecule has 6 heteroatoms. The molecule has 1 aromatic carbocycles. The predicted octanol–water partition coefficient (Wildman–Crippen LogP) is 1.62. The zero-order valence-electron chi connectivity index (χ0n) is 12.7. The Labute approximate surface area is 121 Å². The molecule has 0 bridgehead atoms. The van der Waals surface area contributed by atoms with Crippen LogP contribution in [0, 0.1) is 0 Å². The third-order valence-corrected chi connectivity index (χ3v) is 5.48. The molecule has 0 aliphatic rings. The van der Waals surface area contributed by atoms with Gasteiger partial charge >= 0.3 is 0 Å². The first-order valence-electron chi connectivity index (χ1n) is 6.32. The van der Waals surface area contributed by atoms with E-state index in [2.05, 4.69) is 5.32 Å². The van der Waals surface area contributed by atoms with Crippen LogP contribution in [-0.4, -0.2) is 40.2 Å². The minimum atomic E-state index is -3.09. The van der Waals surface area contributed by atoms with Gasteiger partial charge in [0.25, 0.3) is 0 Å². The molecule has 1 N–H and O–H groups in total. The lowest BCUT2D eigenvalue weighted by Gasteiger charge is -2.23. The van der Waals surface area contributed by atoms with Crippen LogP contribution >= 0.6 is 0 Å². The fraction of sp³-hybridized carbons (Fsp3) is 0.571. The van der Waals surface area contributed by atoms with Crippen LogP contribution < -0.4 is 14.8 Å². The molecule has 0 saturated heterocycles. The molecule has 0 amide bonds. The Morgan fingerprint density at radius 3 is 2.25 bits per heavy atom. The second-order valence-electron chi connectivity index (χ2n) is 5.32. The van der Waals surface area contributed by atoms with Crippen LogP contribution in [0.25, 0.3) is 0 Å². The minimum absolute atomic E-state index is 0.389. The van der Waals surface area contributed by atoms with Crippen LogP contribution in [0.5, 0.6) is 11.5 Å². The van der Waals surface area contributed by atoms with Crippen LogP contribution in [-0.2, 0) is 16.4 Å². The maximum atomic E-state index is 11.6. The molecule has 5 nitrogen and oxygen atoms in total. The molecular weight excluding hydrogens is 278 g/mol.